The maximum absolute atomic E-state index is 5.64. The first-order valence-electron chi connectivity index (χ1n) is 6.57. The topological polar surface area (TPSA) is 22.1 Å². The Morgan fingerprint density at radius 1 is 1.05 bits per heavy atom. The molecule has 0 saturated carbocycles. The standard InChI is InChI=1S/C17H14BrNOS/c1-20-16(12-7-3-2-4-8-12)17-19-15(11-21-17)13-9-5-6-10-14(13)18/h2-11,16H,1H3. The molecule has 2 nitrogen and oxygen atoms in total. The molecule has 1 heterocycles. The van der Waals surface area contributed by atoms with Crippen molar-refractivity contribution < 1.29 is 4.74 Å². The van der Waals surface area contributed by atoms with E-state index in [4.69, 9.17) is 9.72 Å². The first-order valence-corrected chi connectivity index (χ1v) is 8.25. The van der Waals surface area contributed by atoms with Crippen molar-refractivity contribution in [3.8, 4) is 11.3 Å². The molecule has 21 heavy (non-hydrogen) atoms. The Kier molecular flexibility index (Phi) is 4.48. The molecule has 0 fully saturated rings. The number of ether oxygens (including phenoxy) is 1. The largest absolute Gasteiger partial charge is 0.370 e. The number of methoxy groups -OCH3 is 1. The lowest BCUT2D eigenvalue weighted by Gasteiger charge is -2.12. The fraction of sp³-hybridized carbons (Fsp3) is 0.118. The van der Waals surface area contributed by atoms with E-state index in [0.717, 1.165) is 26.3 Å². The van der Waals surface area contributed by atoms with Crippen LogP contribution >= 0.6 is 27.3 Å². The summed E-state index contributed by atoms with van der Waals surface area (Å²) in [6.07, 6.45) is -0.118. The first-order chi connectivity index (χ1) is 10.3. The summed E-state index contributed by atoms with van der Waals surface area (Å²) in [7, 11) is 1.72. The van der Waals surface area contributed by atoms with Gasteiger partial charge in [-0.1, -0.05) is 64.5 Å². The number of hydrogen-bond acceptors (Lipinski definition) is 3. The lowest BCUT2D eigenvalue weighted by atomic mass is 10.1. The van der Waals surface area contributed by atoms with Crippen LogP contribution in [-0.2, 0) is 4.74 Å². The molecule has 0 amide bonds. The summed E-state index contributed by atoms with van der Waals surface area (Å²) in [6, 6.07) is 18.3. The summed E-state index contributed by atoms with van der Waals surface area (Å²) in [5.41, 5.74) is 3.19. The molecule has 0 radical (unpaired) electrons. The third-order valence-corrected chi connectivity index (χ3v) is 4.81. The zero-order chi connectivity index (χ0) is 14.7. The van der Waals surface area contributed by atoms with Gasteiger partial charge in [-0.25, -0.2) is 4.98 Å². The monoisotopic (exact) mass is 359 g/mol. The van der Waals surface area contributed by atoms with E-state index in [1.54, 1.807) is 18.4 Å². The predicted octanol–water partition coefficient (Wildman–Crippen LogP) is 5.31. The molecule has 1 aromatic heterocycles. The van der Waals surface area contributed by atoms with Crippen molar-refractivity contribution in [1.29, 1.82) is 0 Å². The van der Waals surface area contributed by atoms with Gasteiger partial charge in [0.25, 0.3) is 0 Å². The third-order valence-electron chi connectivity index (χ3n) is 3.23. The second kappa shape index (κ2) is 6.52. The Bertz CT molecular complexity index is 726. The van der Waals surface area contributed by atoms with Crippen LogP contribution in [0.15, 0.2) is 64.5 Å². The molecule has 0 aliphatic rings. The molecular weight excluding hydrogens is 346 g/mol. The van der Waals surface area contributed by atoms with Crippen molar-refractivity contribution in [2.45, 2.75) is 6.10 Å². The van der Waals surface area contributed by atoms with Gasteiger partial charge in [0.2, 0.25) is 0 Å². The first kappa shape index (κ1) is 14.4. The zero-order valence-corrected chi connectivity index (χ0v) is 13.9. The number of aromatic nitrogens is 1. The quantitative estimate of drug-likeness (QED) is 0.629. The predicted molar refractivity (Wildman–Crippen MR) is 90.5 cm³/mol. The van der Waals surface area contributed by atoms with E-state index in [2.05, 4.69) is 39.5 Å². The minimum absolute atomic E-state index is 0.118. The van der Waals surface area contributed by atoms with Gasteiger partial charge in [0.1, 0.15) is 11.1 Å². The number of thiazole rings is 1. The summed E-state index contributed by atoms with van der Waals surface area (Å²) < 4.78 is 6.69. The number of hydrogen-bond donors (Lipinski definition) is 0. The molecule has 2 aromatic carbocycles. The maximum Gasteiger partial charge on any atom is 0.134 e. The average Bonchev–Trinajstić information content (AvgIpc) is 2.99. The van der Waals surface area contributed by atoms with Gasteiger partial charge in [0, 0.05) is 22.5 Å². The highest BCUT2D eigenvalue weighted by Crippen LogP contribution is 2.33. The van der Waals surface area contributed by atoms with Gasteiger partial charge < -0.3 is 4.74 Å². The van der Waals surface area contributed by atoms with E-state index < -0.39 is 0 Å². The van der Waals surface area contributed by atoms with Crippen molar-refractivity contribution in [1.82, 2.24) is 4.98 Å². The van der Waals surface area contributed by atoms with Crippen LogP contribution in [0.25, 0.3) is 11.3 Å². The second-order valence-corrected chi connectivity index (χ2v) is 6.32. The van der Waals surface area contributed by atoms with E-state index in [-0.39, 0.29) is 6.10 Å². The van der Waals surface area contributed by atoms with Crippen LogP contribution in [0.3, 0.4) is 0 Å². The van der Waals surface area contributed by atoms with E-state index in [1.807, 2.05) is 36.4 Å². The molecule has 0 saturated heterocycles. The molecular formula is C17H14BrNOS. The third kappa shape index (κ3) is 3.07. The Morgan fingerprint density at radius 2 is 1.76 bits per heavy atom. The Labute approximate surface area is 136 Å². The van der Waals surface area contributed by atoms with E-state index in [0.29, 0.717) is 0 Å². The van der Waals surface area contributed by atoms with E-state index >= 15 is 0 Å². The molecule has 0 bridgehead atoms. The fourth-order valence-electron chi connectivity index (χ4n) is 2.21. The van der Waals surface area contributed by atoms with Crippen LogP contribution < -0.4 is 0 Å². The van der Waals surface area contributed by atoms with Crippen molar-refractivity contribution in [3.63, 3.8) is 0 Å². The van der Waals surface area contributed by atoms with Crippen LogP contribution in [0.2, 0.25) is 0 Å². The minimum Gasteiger partial charge on any atom is -0.370 e. The molecule has 0 N–H and O–H groups in total. The Hall–Kier alpha value is -1.49. The van der Waals surface area contributed by atoms with Crippen LogP contribution in [-0.4, -0.2) is 12.1 Å². The SMILES string of the molecule is COC(c1ccccc1)c1nc(-c2ccccc2Br)cs1. The van der Waals surface area contributed by atoms with Gasteiger partial charge in [-0.15, -0.1) is 11.3 Å². The molecule has 1 atom stereocenters. The second-order valence-electron chi connectivity index (χ2n) is 4.58. The molecule has 3 rings (SSSR count). The van der Waals surface area contributed by atoms with E-state index in [1.165, 1.54) is 0 Å². The van der Waals surface area contributed by atoms with Crippen molar-refractivity contribution >= 4 is 27.3 Å². The average molecular weight is 360 g/mol. The van der Waals surface area contributed by atoms with Crippen molar-refractivity contribution in [2.75, 3.05) is 7.11 Å². The summed E-state index contributed by atoms with van der Waals surface area (Å²) in [5, 5.41) is 3.04. The highest BCUT2D eigenvalue weighted by Gasteiger charge is 2.18. The van der Waals surface area contributed by atoms with Gasteiger partial charge in [-0.05, 0) is 11.6 Å². The van der Waals surface area contributed by atoms with Gasteiger partial charge in [0.05, 0.1) is 5.69 Å². The van der Waals surface area contributed by atoms with Crippen molar-refractivity contribution in [2.24, 2.45) is 0 Å². The minimum atomic E-state index is -0.118. The Morgan fingerprint density at radius 3 is 2.48 bits per heavy atom. The molecule has 1 unspecified atom stereocenters. The smallest absolute Gasteiger partial charge is 0.134 e. The molecule has 4 heteroatoms. The number of nitrogens with zero attached hydrogens (tertiary/aromatic N) is 1. The molecule has 0 spiro atoms. The summed E-state index contributed by atoms with van der Waals surface area (Å²) in [4.78, 5) is 4.75. The van der Waals surface area contributed by atoms with Crippen LogP contribution in [0.4, 0.5) is 0 Å². The lowest BCUT2D eigenvalue weighted by Crippen LogP contribution is -2.02. The summed E-state index contributed by atoms with van der Waals surface area (Å²) >= 11 is 5.20. The number of benzene rings is 2. The summed E-state index contributed by atoms with van der Waals surface area (Å²) in [6.45, 7) is 0. The lowest BCUT2D eigenvalue weighted by molar-refractivity contribution is 0.136. The normalized spacial score (nSPS) is 12.3. The zero-order valence-electron chi connectivity index (χ0n) is 11.5. The van der Waals surface area contributed by atoms with Crippen LogP contribution in [0.5, 0.6) is 0 Å². The molecule has 3 aromatic rings. The number of rotatable bonds is 4. The maximum atomic E-state index is 5.64. The van der Waals surface area contributed by atoms with Gasteiger partial charge in [-0.2, -0.15) is 0 Å². The highest BCUT2D eigenvalue weighted by atomic mass is 79.9. The summed E-state index contributed by atoms with van der Waals surface area (Å²) in [5.74, 6) is 0. The van der Waals surface area contributed by atoms with Crippen LogP contribution in [0.1, 0.15) is 16.7 Å². The van der Waals surface area contributed by atoms with Crippen molar-refractivity contribution in [3.05, 3.63) is 75.0 Å². The van der Waals surface area contributed by atoms with Gasteiger partial charge in [0.15, 0.2) is 0 Å². The van der Waals surface area contributed by atoms with Gasteiger partial charge >= 0.3 is 0 Å². The Balaban J connectivity index is 1.96. The molecule has 106 valence electrons. The van der Waals surface area contributed by atoms with Crippen LogP contribution in [0, 0.1) is 0 Å². The van der Waals surface area contributed by atoms with Gasteiger partial charge in [-0.3, -0.25) is 0 Å². The number of halogens is 1. The molecule has 0 aliphatic carbocycles. The molecule has 0 aliphatic heterocycles. The highest BCUT2D eigenvalue weighted by molar-refractivity contribution is 9.10. The fourth-order valence-corrected chi connectivity index (χ4v) is 3.61. The van der Waals surface area contributed by atoms with E-state index in [9.17, 15) is 0 Å².